The fraction of sp³-hybridized carbons (Fsp3) is 0.214. The number of fused-ring (bicyclic) bond motifs is 1. The van der Waals surface area contributed by atoms with E-state index in [1.54, 1.807) is 12.4 Å². The van der Waals surface area contributed by atoms with Crippen LogP contribution < -0.4 is 0 Å². The minimum atomic E-state index is 0.552. The zero-order valence-electron chi connectivity index (χ0n) is 10.3. The molecular weight excluding hydrogens is 260 g/mol. The van der Waals surface area contributed by atoms with Crippen LogP contribution in [0.15, 0.2) is 42.9 Å². The van der Waals surface area contributed by atoms with E-state index < -0.39 is 0 Å². The molecule has 0 bridgehead atoms. The zero-order valence-corrected chi connectivity index (χ0v) is 11.1. The highest BCUT2D eigenvalue weighted by atomic mass is 35.5. The maximum Gasteiger partial charge on any atom is 0.160 e. The summed E-state index contributed by atoms with van der Waals surface area (Å²) in [6, 6.07) is 7.85. The van der Waals surface area contributed by atoms with Crippen LogP contribution in [0.5, 0.6) is 0 Å². The van der Waals surface area contributed by atoms with Crippen molar-refractivity contribution >= 4 is 22.8 Å². The van der Waals surface area contributed by atoms with E-state index in [1.165, 1.54) is 0 Å². The van der Waals surface area contributed by atoms with Crippen molar-refractivity contribution in [1.29, 1.82) is 0 Å². The van der Waals surface area contributed by atoms with Crippen LogP contribution in [0.4, 0.5) is 0 Å². The van der Waals surface area contributed by atoms with Gasteiger partial charge in [-0.05, 0) is 23.8 Å². The van der Waals surface area contributed by atoms with E-state index in [1.807, 2.05) is 30.5 Å². The van der Waals surface area contributed by atoms with Crippen molar-refractivity contribution in [3.63, 3.8) is 0 Å². The molecule has 3 heterocycles. The van der Waals surface area contributed by atoms with Crippen LogP contribution in [0, 0.1) is 0 Å². The Morgan fingerprint density at radius 1 is 1.16 bits per heavy atom. The maximum atomic E-state index is 5.85. The molecule has 0 spiro atoms. The second-order valence-electron chi connectivity index (χ2n) is 4.26. The molecule has 0 unspecified atom stereocenters. The Bertz CT molecular complexity index is 678. The minimum Gasteiger partial charge on any atom is -0.308 e. The van der Waals surface area contributed by atoms with E-state index in [-0.39, 0.29) is 0 Å². The highest BCUT2D eigenvalue weighted by Crippen LogP contribution is 2.16. The summed E-state index contributed by atoms with van der Waals surface area (Å²) in [5.74, 6) is 1.52. The molecule has 0 aliphatic heterocycles. The first-order valence-corrected chi connectivity index (χ1v) is 6.67. The molecule has 0 radical (unpaired) electrons. The Hall–Kier alpha value is -1.94. The van der Waals surface area contributed by atoms with Crippen LogP contribution in [0.2, 0.25) is 0 Å². The normalized spacial score (nSPS) is 11.0. The quantitative estimate of drug-likeness (QED) is 0.686. The first-order valence-electron chi connectivity index (χ1n) is 6.13. The summed E-state index contributed by atoms with van der Waals surface area (Å²) in [6.45, 7) is 0.716. The highest BCUT2D eigenvalue weighted by Gasteiger charge is 2.11. The predicted octanol–water partition coefficient (Wildman–Crippen LogP) is 2.66. The van der Waals surface area contributed by atoms with Gasteiger partial charge in [-0.1, -0.05) is 6.07 Å². The van der Waals surface area contributed by atoms with Gasteiger partial charge >= 0.3 is 0 Å². The number of pyridine rings is 2. The molecule has 0 fully saturated rings. The maximum absolute atomic E-state index is 5.85. The molecule has 3 aromatic heterocycles. The molecule has 0 amide bonds. The summed E-state index contributed by atoms with van der Waals surface area (Å²) in [5, 5.41) is 0. The van der Waals surface area contributed by atoms with E-state index in [0.717, 1.165) is 29.0 Å². The van der Waals surface area contributed by atoms with Crippen LogP contribution in [0.25, 0.3) is 11.2 Å². The molecule has 0 aliphatic rings. The lowest BCUT2D eigenvalue weighted by Crippen LogP contribution is -2.06. The van der Waals surface area contributed by atoms with Crippen molar-refractivity contribution < 1.29 is 0 Å². The van der Waals surface area contributed by atoms with E-state index >= 15 is 0 Å². The molecule has 0 saturated carbocycles. The standard InChI is InChI=1S/C14H13ClN4/c15-6-5-13-18-12-4-2-8-17-14(12)19(13)10-11-3-1-7-16-9-11/h1-4,7-9H,5-6,10H2. The Morgan fingerprint density at radius 2 is 2.05 bits per heavy atom. The van der Waals surface area contributed by atoms with Crippen LogP contribution >= 0.6 is 11.6 Å². The van der Waals surface area contributed by atoms with Gasteiger partial charge in [0.25, 0.3) is 0 Å². The number of aryl methyl sites for hydroxylation is 1. The molecule has 0 atom stereocenters. The van der Waals surface area contributed by atoms with E-state index in [2.05, 4.69) is 19.5 Å². The van der Waals surface area contributed by atoms with Crippen LogP contribution in [-0.2, 0) is 13.0 Å². The molecule has 0 N–H and O–H groups in total. The number of hydrogen-bond acceptors (Lipinski definition) is 3. The Kier molecular flexibility index (Phi) is 3.42. The molecule has 3 aromatic rings. The van der Waals surface area contributed by atoms with Crippen molar-refractivity contribution in [2.24, 2.45) is 0 Å². The van der Waals surface area contributed by atoms with Crippen molar-refractivity contribution in [3.05, 3.63) is 54.2 Å². The SMILES string of the molecule is ClCCc1nc2cccnc2n1Cc1cccnc1. The second-order valence-corrected chi connectivity index (χ2v) is 4.64. The monoisotopic (exact) mass is 272 g/mol. The molecule has 0 saturated heterocycles. The van der Waals surface area contributed by atoms with Gasteiger partial charge in [0.1, 0.15) is 11.3 Å². The van der Waals surface area contributed by atoms with Gasteiger partial charge in [0.05, 0.1) is 6.54 Å². The summed E-state index contributed by atoms with van der Waals surface area (Å²) >= 11 is 5.85. The molecule has 0 aromatic carbocycles. The van der Waals surface area contributed by atoms with Gasteiger partial charge in [-0.2, -0.15) is 0 Å². The Morgan fingerprint density at radius 3 is 2.84 bits per heavy atom. The topological polar surface area (TPSA) is 43.6 Å². The molecule has 19 heavy (non-hydrogen) atoms. The summed E-state index contributed by atoms with van der Waals surface area (Å²) in [4.78, 5) is 13.2. The summed E-state index contributed by atoms with van der Waals surface area (Å²) in [5.41, 5.74) is 2.93. The number of rotatable bonds is 4. The van der Waals surface area contributed by atoms with Crippen molar-refractivity contribution in [2.45, 2.75) is 13.0 Å². The van der Waals surface area contributed by atoms with Gasteiger partial charge in [0.15, 0.2) is 5.65 Å². The van der Waals surface area contributed by atoms with Crippen LogP contribution in [-0.4, -0.2) is 25.4 Å². The molecule has 5 heteroatoms. The lowest BCUT2D eigenvalue weighted by atomic mass is 10.3. The van der Waals surface area contributed by atoms with Crippen molar-refractivity contribution in [2.75, 3.05) is 5.88 Å². The van der Waals surface area contributed by atoms with Gasteiger partial charge in [-0.3, -0.25) is 4.98 Å². The fourth-order valence-corrected chi connectivity index (χ4v) is 2.29. The van der Waals surface area contributed by atoms with Gasteiger partial charge in [-0.25, -0.2) is 9.97 Å². The van der Waals surface area contributed by atoms with Gasteiger partial charge < -0.3 is 4.57 Å². The molecular formula is C14H13ClN4. The molecule has 3 rings (SSSR count). The van der Waals surface area contributed by atoms with E-state index in [0.29, 0.717) is 12.4 Å². The van der Waals surface area contributed by atoms with Crippen LogP contribution in [0.3, 0.4) is 0 Å². The zero-order chi connectivity index (χ0) is 13.1. The van der Waals surface area contributed by atoms with E-state index in [9.17, 15) is 0 Å². The molecule has 4 nitrogen and oxygen atoms in total. The second kappa shape index (κ2) is 5.36. The average Bonchev–Trinajstić information content (AvgIpc) is 2.79. The van der Waals surface area contributed by atoms with Gasteiger partial charge in [-0.15, -0.1) is 11.6 Å². The largest absolute Gasteiger partial charge is 0.308 e. The smallest absolute Gasteiger partial charge is 0.160 e. The summed E-state index contributed by atoms with van der Waals surface area (Å²) in [7, 11) is 0. The number of alkyl halides is 1. The molecule has 0 aliphatic carbocycles. The van der Waals surface area contributed by atoms with Crippen molar-refractivity contribution in [3.8, 4) is 0 Å². The summed E-state index contributed by atoms with van der Waals surface area (Å²) < 4.78 is 2.11. The number of hydrogen-bond donors (Lipinski definition) is 0. The molecule has 96 valence electrons. The predicted molar refractivity (Wildman–Crippen MR) is 75.3 cm³/mol. The van der Waals surface area contributed by atoms with E-state index in [4.69, 9.17) is 11.6 Å². The third-order valence-corrected chi connectivity index (χ3v) is 3.15. The Labute approximate surface area is 116 Å². The van der Waals surface area contributed by atoms with Crippen LogP contribution in [0.1, 0.15) is 11.4 Å². The number of imidazole rings is 1. The number of nitrogens with zero attached hydrogens (tertiary/aromatic N) is 4. The van der Waals surface area contributed by atoms with Gasteiger partial charge in [0.2, 0.25) is 0 Å². The fourth-order valence-electron chi connectivity index (χ4n) is 2.12. The van der Waals surface area contributed by atoms with Crippen molar-refractivity contribution in [1.82, 2.24) is 19.5 Å². The number of aromatic nitrogens is 4. The first-order chi connectivity index (χ1) is 9.38. The Balaban J connectivity index is 2.07. The third kappa shape index (κ3) is 2.44. The minimum absolute atomic E-state index is 0.552. The third-order valence-electron chi connectivity index (χ3n) is 2.96. The summed E-state index contributed by atoms with van der Waals surface area (Å²) in [6.07, 6.45) is 6.15. The lowest BCUT2D eigenvalue weighted by molar-refractivity contribution is 0.745. The number of halogens is 1. The lowest BCUT2D eigenvalue weighted by Gasteiger charge is -2.07. The average molecular weight is 273 g/mol. The highest BCUT2D eigenvalue weighted by molar-refractivity contribution is 6.17. The van der Waals surface area contributed by atoms with Gasteiger partial charge in [0, 0.05) is 30.9 Å². The first kappa shape index (κ1) is 12.1.